The third kappa shape index (κ3) is 2.41. The molecule has 2 aromatic heterocycles. The van der Waals surface area contributed by atoms with Crippen molar-refractivity contribution in [3.05, 3.63) is 10.9 Å². The Morgan fingerprint density at radius 1 is 1.50 bits per heavy atom. The van der Waals surface area contributed by atoms with Crippen molar-refractivity contribution < 1.29 is 4.79 Å². The minimum atomic E-state index is 0.139. The average molecular weight is 310 g/mol. The third-order valence-electron chi connectivity index (χ3n) is 3.43. The largest absolute Gasteiger partial charge is 0.354 e. The summed E-state index contributed by atoms with van der Waals surface area (Å²) in [5.74, 6) is 0.139. The molecule has 0 bridgehead atoms. The SMILES string of the molecule is C[C@H]1CNCCN1C(=O)c1cc2sc(N(C)C)nc2s1. The Labute approximate surface area is 126 Å². The first-order chi connectivity index (χ1) is 9.56. The molecule has 1 amide bonds. The lowest BCUT2D eigenvalue weighted by molar-refractivity contribution is 0.0661. The molecule has 5 nitrogen and oxygen atoms in total. The Balaban J connectivity index is 1.86. The molecule has 0 radical (unpaired) electrons. The first-order valence-electron chi connectivity index (χ1n) is 6.65. The maximum absolute atomic E-state index is 12.6. The van der Waals surface area contributed by atoms with Gasteiger partial charge in [0.2, 0.25) is 0 Å². The van der Waals surface area contributed by atoms with Crippen molar-refractivity contribution in [1.82, 2.24) is 15.2 Å². The molecule has 7 heteroatoms. The number of amides is 1. The molecule has 0 aromatic carbocycles. The minimum absolute atomic E-state index is 0.139. The maximum Gasteiger partial charge on any atom is 0.264 e. The minimum Gasteiger partial charge on any atom is -0.354 e. The van der Waals surface area contributed by atoms with E-state index in [1.165, 1.54) is 11.3 Å². The predicted octanol–water partition coefficient (Wildman–Crippen LogP) is 1.86. The normalized spacial score (nSPS) is 19.6. The van der Waals surface area contributed by atoms with E-state index in [0.29, 0.717) is 0 Å². The monoisotopic (exact) mass is 310 g/mol. The molecule has 1 atom stereocenters. The molecule has 0 aliphatic carbocycles. The molecule has 0 saturated carbocycles. The Morgan fingerprint density at radius 2 is 2.30 bits per heavy atom. The van der Waals surface area contributed by atoms with E-state index in [2.05, 4.69) is 17.2 Å². The van der Waals surface area contributed by atoms with E-state index < -0.39 is 0 Å². The van der Waals surface area contributed by atoms with E-state index in [0.717, 1.165) is 39.2 Å². The second kappa shape index (κ2) is 5.31. The highest BCUT2D eigenvalue weighted by Gasteiger charge is 2.26. The highest BCUT2D eigenvalue weighted by atomic mass is 32.1. The molecule has 1 aliphatic rings. The number of hydrogen-bond donors (Lipinski definition) is 1. The fourth-order valence-electron chi connectivity index (χ4n) is 2.30. The number of rotatable bonds is 2. The number of aromatic nitrogens is 1. The van der Waals surface area contributed by atoms with Gasteiger partial charge in [-0.2, -0.15) is 0 Å². The van der Waals surface area contributed by atoms with Crippen LogP contribution >= 0.6 is 22.7 Å². The van der Waals surface area contributed by atoms with Crippen LogP contribution in [0.4, 0.5) is 5.13 Å². The summed E-state index contributed by atoms with van der Waals surface area (Å²) in [6.07, 6.45) is 0. The molecule has 1 N–H and O–H groups in total. The van der Waals surface area contributed by atoms with Crippen molar-refractivity contribution >= 4 is 43.2 Å². The van der Waals surface area contributed by atoms with Gasteiger partial charge >= 0.3 is 0 Å². The summed E-state index contributed by atoms with van der Waals surface area (Å²) >= 11 is 3.13. The maximum atomic E-state index is 12.6. The van der Waals surface area contributed by atoms with Gasteiger partial charge in [0.15, 0.2) is 5.13 Å². The van der Waals surface area contributed by atoms with Crippen LogP contribution in [0.25, 0.3) is 9.53 Å². The van der Waals surface area contributed by atoms with Gasteiger partial charge < -0.3 is 15.1 Å². The summed E-state index contributed by atoms with van der Waals surface area (Å²) in [6.45, 7) is 4.61. The molecule has 0 unspecified atom stereocenters. The van der Waals surface area contributed by atoms with Crippen LogP contribution in [0.3, 0.4) is 0 Å². The second-order valence-corrected chi connectivity index (χ2v) is 7.26. The van der Waals surface area contributed by atoms with Crippen molar-refractivity contribution in [2.75, 3.05) is 38.6 Å². The molecular formula is C13H18N4OS2. The van der Waals surface area contributed by atoms with E-state index in [1.807, 2.05) is 30.0 Å². The van der Waals surface area contributed by atoms with Crippen molar-refractivity contribution in [3.63, 3.8) is 0 Å². The number of fused-ring (bicyclic) bond motifs is 1. The van der Waals surface area contributed by atoms with E-state index >= 15 is 0 Å². The zero-order valence-electron chi connectivity index (χ0n) is 11.8. The van der Waals surface area contributed by atoms with E-state index in [4.69, 9.17) is 0 Å². The van der Waals surface area contributed by atoms with Gasteiger partial charge in [0.1, 0.15) is 4.83 Å². The number of nitrogens with zero attached hydrogens (tertiary/aromatic N) is 3. The summed E-state index contributed by atoms with van der Waals surface area (Å²) in [4.78, 5) is 22.9. The van der Waals surface area contributed by atoms with Crippen LogP contribution in [0.5, 0.6) is 0 Å². The number of piperazine rings is 1. The molecule has 108 valence electrons. The van der Waals surface area contributed by atoms with Crippen LogP contribution in [0.2, 0.25) is 0 Å². The summed E-state index contributed by atoms with van der Waals surface area (Å²) in [5.41, 5.74) is 0. The number of thiophene rings is 1. The molecule has 3 heterocycles. The molecule has 1 fully saturated rings. The first kappa shape index (κ1) is 13.8. The Kier molecular flexibility index (Phi) is 3.66. The van der Waals surface area contributed by atoms with E-state index in [-0.39, 0.29) is 11.9 Å². The van der Waals surface area contributed by atoms with Gasteiger partial charge in [0.25, 0.3) is 5.91 Å². The van der Waals surface area contributed by atoms with E-state index in [1.54, 1.807) is 11.3 Å². The summed E-state index contributed by atoms with van der Waals surface area (Å²) in [5, 5.41) is 4.29. The highest BCUT2D eigenvalue weighted by Crippen LogP contribution is 2.34. The molecule has 2 aromatic rings. The number of anilines is 1. The quantitative estimate of drug-likeness (QED) is 0.920. The zero-order chi connectivity index (χ0) is 14.3. The van der Waals surface area contributed by atoms with Gasteiger partial charge in [-0.1, -0.05) is 11.3 Å². The van der Waals surface area contributed by atoms with Gasteiger partial charge in [-0.3, -0.25) is 4.79 Å². The second-order valence-electron chi connectivity index (χ2n) is 5.22. The standard InChI is InChI=1S/C13H18N4OS2/c1-8-7-14-4-5-17(8)12(18)10-6-9-11(19-10)15-13(20-9)16(2)3/h6,8,14H,4-5,7H2,1-3H3/t8-/m0/s1. The molecular weight excluding hydrogens is 292 g/mol. The molecule has 1 aliphatic heterocycles. The van der Waals surface area contributed by atoms with Gasteiger partial charge in [-0.15, -0.1) is 11.3 Å². The van der Waals surface area contributed by atoms with Crippen LogP contribution in [-0.4, -0.2) is 55.6 Å². The first-order valence-corrected chi connectivity index (χ1v) is 8.29. The van der Waals surface area contributed by atoms with Gasteiger partial charge in [0, 0.05) is 39.8 Å². The van der Waals surface area contributed by atoms with Crippen LogP contribution in [-0.2, 0) is 0 Å². The number of thiazole rings is 1. The van der Waals surface area contributed by atoms with Crippen molar-refractivity contribution in [2.24, 2.45) is 0 Å². The Bertz CT molecular complexity index is 602. The summed E-state index contributed by atoms with van der Waals surface area (Å²) in [6, 6.07) is 2.24. The molecule has 1 saturated heterocycles. The summed E-state index contributed by atoms with van der Waals surface area (Å²) < 4.78 is 1.10. The molecule has 0 spiro atoms. The van der Waals surface area contributed by atoms with Crippen LogP contribution in [0.15, 0.2) is 6.07 Å². The van der Waals surface area contributed by atoms with Gasteiger partial charge in [0.05, 0.1) is 9.58 Å². The lowest BCUT2D eigenvalue weighted by atomic mass is 10.2. The number of nitrogens with one attached hydrogen (secondary N) is 1. The van der Waals surface area contributed by atoms with Crippen LogP contribution < -0.4 is 10.2 Å². The van der Waals surface area contributed by atoms with Gasteiger partial charge in [-0.25, -0.2) is 4.98 Å². The number of hydrogen-bond acceptors (Lipinski definition) is 6. The molecule has 20 heavy (non-hydrogen) atoms. The van der Waals surface area contributed by atoms with Crippen molar-refractivity contribution in [2.45, 2.75) is 13.0 Å². The predicted molar refractivity (Wildman–Crippen MR) is 85.2 cm³/mol. The van der Waals surface area contributed by atoms with Crippen LogP contribution in [0.1, 0.15) is 16.6 Å². The topological polar surface area (TPSA) is 48.5 Å². The van der Waals surface area contributed by atoms with E-state index in [9.17, 15) is 4.79 Å². The lowest BCUT2D eigenvalue weighted by Crippen LogP contribution is -2.52. The smallest absolute Gasteiger partial charge is 0.264 e. The average Bonchev–Trinajstić information content (AvgIpc) is 2.96. The third-order valence-corrected chi connectivity index (χ3v) is 5.75. The lowest BCUT2D eigenvalue weighted by Gasteiger charge is -2.33. The highest BCUT2D eigenvalue weighted by molar-refractivity contribution is 7.29. The fourth-order valence-corrected chi connectivity index (χ4v) is 4.39. The number of carbonyl (C=O) groups is 1. The van der Waals surface area contributed by atoms with Gasteiger partial charge in [-0.05, 0) is 13.0 Å². The zero-order valence-corrected chi connectivity index (χ0v) is 13.5. The Morgan fingerprint density at radius 3 is 2.95 bits per heavy atom. The summed E-state index contributed by atoms with van der Waals surface area (Å²) in [7, 11) is 3.97. The van der Waals surface area contributed by atoms with Crippen molar-refractivity contribution in [1.29, 1.82) is 0 Å². The number of carbonyl (C=O) groups excluding carboxylic acids is 1. The fraction of sp³-hybridized carbons (Fsp3) is 0.538. The van der Waals surface area contributed by atoms with Crippen LogP contribution in [0, 0.1) is 0 Å². The Hall–Kier alpha value is -1.18. The van der Waals surface area contributed by atoms with Crippen molar-refractivity contribution in [3.8, 4) is 0 Å². The molecule has 3 rings (SSSR count).